The maximum Gasteiger partial charge on any atom is 0.160 e. The average Bonchev–Trinajstić information content (AvgIpc) is 2.47. The lowest BCUT2D eigenvalue weighted by atomic mass is 9.89. The zero-order valence-corrected chi connectivity index (χ0v) is 13.1. The van der Waals surface area contributed by atoms with E-state index in [1.807, 2.05) is 36.4 Å². The summed E-state index contributed by atoms with van der Waals surface area (Å²) in [6, 6.07) is 12.9. The third kappa shape index (κ3) is 3.49. The molecule has 0 saturated carbocycles. The molecule has 1 unspecified atom stereocenters. The van der Waals surface area contributed by atoms with E-state index in [2.05, 4.69) is 0 Å². The SMILES string of the molecule is COc1ccc(CC(C)(O)c2ccccc2Cl)cc1OC. The zero-order chi connectivity index (χ0) is 15.5. The first-order valence-electron chi connectivity index (χ1n) is 6.66. The van der Waals surface area contributed by atoms with Gasteiger partial charge in [0.05, 0.1) is 19.8 Å². The second kappa shape index (κ2) is 6.37. The topological polar surface area (TPSA) is 38.7 Å². The molecule has 0 radical (unpaired) electrons. The van der Waals surface area contributed by atoms with Crippen molar-refractivity contribution in [1.29, 1.82) is 0 Å². The van der Waals surface area contributed by atoms with Crippen molar-refractivity contribution in [2.75, 3.05) is 14.2 Å². The highest BCUT2D eigenvalue weighted by Gasteiger charge is 2.26. The van der Waals surface area contributed by atoms with Gasteiger partial charge in [0, 0.05) is 17.0 Å². The number of halogens is 1. The second-order valence-electron chi connectivity index (χ2n) is 5.12. The zero-order valence-electron chi connectivity index (χ0n) is 12.4. The van der Waals surface area contributed by atoms with E-state index in [9.17, 15) is 5.11 Å². The second-order valence-corrected chi connectivity index (χ2v) is 5.53. The molecule has 0 heterocycles. The van der Waals surface area contributed by atoms with Crippen LogP contribution in [0.5, 0.6) is 11.5 Å². The fourth-order valence-electron chi connectivity index (χ4n) is 2.38. The molecule has 0 bridgehead atoms. The van der Waals surface area contributed by atoms with Crippen LogP contribution in [0.25, 0.3) is 0 Å². The van der Waals surface area contributed by atoms with E-state index in [0.29, 0.717) is 28.5 Å². The maximum absolute atomic E-state index is 10.8. The van der Waals surface area contributed by atoms with Gasteiger partial charge in [-0.3, -0.25) is 0 Å². The van der Waals surface area contributed by atoms with Gasteiger partial charge in [0.2, 0.25) is 0 Å². The quantitative estimate of drug-likeness (QED) is 0.913. The first-order chi connectivity index (χ1) is 9.97. The van der Waals surface area contributed by atoms with Gasteiger partial charge < -0.3 is 14.6 Å². The highest BCUT2D eigenvalue weighted by atomic mass is 35.5. The van der Waals surface area contributed by atoms with E-state index in [-0.39, 0.29) is 0 Å². The molecule has 2 aromatic rings. The van der Waals surface area contributed by atoms with Crippen LogP contribution in [0.15, 0.2) is 42.5 Å². The van der Waals surface area contributed by atoms with Gasteiger partial charge in [0.15, 0.2) is 11.5 Å². The molecule has 21 heavy (non-hydrogen) atoms. The van der Waals surface area contributed by atoms with Gasteiger partial charge in [-0.2, -0.15) is 0 Å². The number of rotatable bonds is 5. The summed E-state index contributed by atoms with van der Waals surface area (Å²) in [7, 11) is 3.19. The molecule has 0 saturated heterocycles. The summed E-state index contributed by atoms with van der Waals surface area (Å²) in [5, 5.41) is 11.3. The molecule has 2 aromatic carbocycles. The molecule has 0 aliphatic carbocycles. The highest BCUT2D eigenvalue weighted by Crippen LogP contribution is 2.34. The number of aliphatic hydroxyl groups is 1. The summed E-state index contributed by atoms with van der Waals surface area (Å²) in [5.74, 6) is 1.31. The number of benzene rings is 2. The number of methoxy groups -OCH3 is 2. The molecular formula is C17H19ClO3. The Balaban J connectivity index is 2.30. The van der Waals surface area contributed by atoms with Crippen molar-refractivity contribution in [3.8, 4) is 11.5 Å². The van der Waals surface area contributed by atoms with Crippen molar-refractivity contribution in [3.63, 3.8) is 0 Å². The van der Waals surface area contributed by atoms with Crippen LogP contribution in [-0.4, -0.2) is 19.3 Å². The van der Waals surface area contributed by atoms with E-state index in [4.69, 9.17) is 21.1 Å². The normalized spacial score (nSPS) is 13.6. The minimum absolute atomic E-state index is 0.428. The van der Waals surface area contributed by atoms with E-state index < -0.39 is 5.60 Å². The summed E-state index contributed by atoms with van der Waals surface area (Å²) in [6.07, 6.45) is 0.428. The van der Waals surface area contributed by atoms with Crippen LogP contribution in [0, 0.1) is 0 Å². The van der Waals surface area contributed by atoms with Gasteiger partial charge in [-0.25, -0.2) is 0 Å². The minimum atomic E-state index is -1.06. The average molecular weight is 307 g/mol. The molecule has 0 aromatic heterocycles. The fourth-order valence-corrected chi connectivity index (χ4v) is 2.72. The Morgan fingerprint density at radius 2 is 1.71 bits per heavy atom. The Labute approximate surface area is 130 Å². The Morgan fingerprint density at radius 3 is 2.33 bits per heavy atom. The van der Waals surface area contributed by atoms with Gasteiger partial charge >= 0.3 is 0 Å². The van der Waals surface area contributed by atoms with Gasteiger partial charge in [0.1, 0.15) is 0 Å². The van der Waals surface area contributed by atoms with Crippen LogP contribution in [-0.2, 0) is 12.0 Å². The van der Waals surface area contributed by atoms with Crippen molar-refractivity contribution in [2.45, 2.75) is 18.9 Å². The standard InChI is InChI=1S/C17H19ClO3/c1-17(19,13-6-4-5-7-14(13)18)11-12-8-9-15(20-2)16(10-12)21-3/h4-10,19H,11H2,1-3H3. The Bertz CT molecular complexity index is 623. The van der Waals surface area contributed by atoms with Crippen molar-refractivity contribution in [2.24, 2.45) is 0 Å². The summed E-state index contributed by atoms with van der Waals surface area (Å²) < 4.78 is 10.5. The number of hydrogen-bond acceptors (Lipinski definition) is 3. The third-order valence-corrected chi connectivity index (χ3v) is 3.78. The fraction of sp³-hybridized carbons (Fsp3) is 0.294. The molecule has 3 nitrogen and oxygen atoms in total. The highest BCUT2D eigenvalue weighted by molar-refractivity contribution is 6.31. The monoisotopic (exact) mass is 306 g/mol. The Hall–Kier alpha value is -1.71. The molecule has 1 atom stereocenters. The molecule has 0 fully saturated rings. The van der Waals surface area contributed by atoms with Gasteiger partial charge in [-0.15, -0.1) is 0 Å². The van der Waals surface area contributed by atoms with E-state index in [1.165, 1.54) is 0 Å². The smallest absolute Gasteiger partial charge is 0.160 e. The van der Waals surface area contributed by atoms with Crippen molar-refractivity contribution < 1.29 is 14.6 Å². The molecule has 4 heteroatoms. The van der Waals surface area contributed by atoms with Crippen LogP contribution in [0.2, 0.25) is 5.02 Å². The summed E-state index contributed by atoms with van der Waals surface area (Å²) in [5.41, 5.74) is 0.594. The third-order valence-electron chi connectivity index (χ3n) is 3.45. The predicted octanol–water partition coefficient (Wildman–Crippen LogP) is 3.81. The van der Waals surface area contributed by atoms with Crippen molar-refractivity contribution in [3.05, 3.63) is 58.6 Å². The molecule has 0 aliphatic rings. The molecule has 112 valence electrons. The molecule has 0 amide bonds. The summed E-state index contributed by atoms with van der Waals surface area (Å²) in [6.45, 7) is 1.75. The predicted molar refractivity (Wildman–Crippen MR) is 84.3 cm³/mol. The maximum atomic E-state index is 10.8. The van der Waals surface area contributed by atoms with Crippen LogP contribution >= 0.6 is 11.6 Å². The van der Waals surface area contributed by atoms with E-state index in [1.54, 1.807) is 27.2 Å². The lowest BCUT2D eigenvalue weighted by Gasteiger charge is -2.25. The van der Waals surface area contributed by atoms with Gasteiger partial charge in [0.25, 0.3) is 0 Å². The number of hydrogen-bond donors (Lipinski definition) is 1. The lowest BCUT2D eigenvalue weighted by Crippen LogP contribution is -2.24. The van der Waals surface area contributed by atoms with E-state index in [0.717, 1.165) is 5.56 Å². The first-order valence-corrected chi connectivity index (χ1v) is 7.04. The van der Waals surface area contributed by atoms with Crippen molar-refractivity contribution in [1.82, 2.24) is 0 Å². The molecule has 0 aliphatic heterocycles. The van der Waals surface area contributed by atoms with Crippen LogP contribution in [0.1, 0.15) is 18.1 Å². The Kier molecular flexibility index (Phi) is 4.76. The summed E-state index contributed by atoms with van der Waals surface area (Å²) in [4.78, 5) is 0. The summed E-state index contributed by atoms with van der Waals surface area (Å²) >= 11 is 6.18. The van der Waals surface area contributed by atoms with Gasteiger partial charge in [-0.1, -0.05) is 35.9 Å². The largest absolute Gasteiger partial charge is 0.493 e. The van der Waals surface area contributed by atoms with Gasteiger partial charge in [-0.05, 0) is 30.7 Å². The van der Waals surface area contributed by atoms with Crippen molar-refractivity contribution >= 4 is 11.6 Å². The van der Waals surface area contributed by atoms with E-state index >= 15 is 0 Å². The molecular weight excluding hydrogens is 288 g/mol. The number of ether oxygens (including phenoxy) is 2. The van der Waals surface area contributed by atoms with Crippen LogP contribution in [0.4, 0.5) is 0 Å². The van der Waals surface area contributed by atoms with Crippen LogP contribution in [0.3, 0.4) is 0 Å². The molecule has 1 N–H and O–H groups in total. The first kappa shape index (κ1) is 15.7. The lowest BCUT2D eigenvalue weighted by molar-refractivity contribution is 0.0577. The Morgan fingerprint density at radius 1 is 1.05 bits per heavy atom. The molecule has 2 rings (SSSR count). The molecule has 0 spiro atoms. The minimum Gasteiger partial charge on any atom is -0.493 e. The van der Waals surface area contributed by atoms with Crippen LogP contribution < -0.4 is 9.47 Å².